The molecule has 0 amide bonds. The van der Waals surface area contributed by atoms with Gasteiger partial charge in [0.1, 0.15) is 0 Å². The quantitative estimate of drug-likeness (QED) is 0.454. The first-order valence-corrected chi connectivity index (χ1v) is 4.81. The van der Waals surface area contributed by atoms with Crippen molar-refractivity contribution in [1.29, 1.82) is 0 Å². The summed E-state index contributed by atoms with van der Waals surface area (Å²) in [6.45, 7) is 5.78. The van der Waals surface area contributed by atoms with Crippen LogP contribution in [0, 0.1) is 0 Å². The number of oxime groups is 1. The normalized spacial score (nSPS) is 13.0. The summed E-state index contributed by atoms with van der Waals surface area (Å²) in [5, 5.41) is 12.7. The molecule has 0 bridgehead atoms. The van der Waals surface area contributed by atoms with E-state index in [0.717, 1.165) is 5.56 Å². The molecule has 1 rings (SSSR count). The van der Waals surface area contributed by atoms with Crippen LogP contribution in [0.2, 0.25) is 5.02 Å². The van der Waals surface area contributed by atoms with Gasteiger partial charge in [-0.3, -0.25) is 0 Å². The maximum absolute atomic E-state index is 8.76. The Morgan fingerprint density at radius 3 is 2.57 bits per heavy atom. The zero-order valence-electron chi connectivity index (χ0n) is 8.58. The van der Waals surface area contributed by atoms with Crippen molar-refractivity contribution < 1.29 is 5.21 Å². The fraction of sp³-hybridized carbons (Fsp3) is 0.364. The summed E-state index contributed by atoms with van der Waals surface area (Å²) >= 11 is 5.90. The first-order valence-electron chi connectivity index (χ1n) is 4.43. The van der Waals surface area contributed by atoms with Gasteiger partial charge < -0.3 is 5.21 Å². The number of hydrogen-bond donors (Lipinski definition) is 1. The van der Waals surface area contributed by atoms with Crippen LogP contribution < -0.4 is 0 Å². The summed E-state index contributed by atoms with van der Waals surface area (Å²) in [5.74, 6) is 0. The van der Waals surface area contributed by atoms with Crippen LogP contribution in [0.25, 0.3) is 0 Å². The van der Waals surface area contributed by atoms with E-state index in [-0.39, 0.29) is 5.41 Å². The van der Waals surface area contributed by atoms with Crippen LogP contribution in [0.3, 0.4) is 0 Å². The van der Waals surface area contributed by atoms with Gasteiger partial charge in [-0.1, -0.05) is 42.7 Å². The van der Waals surface area contributed by atoms with Crippen molar-refractivity contribution in [3.63, 3.8) is 0 Å². The minimum absolute atomic E-state index is 0.292. The second kappa shape index (κ2) is 4.01. The summed E-state index contributed by atoms with van der Waals surface area (Å²) in [4.78, 5) is 0. The first-order chi connectivity index (χ1) is 6.48. The van der Waals surface area contributed by atoms with E-state index in [0.29, 0.717) is 10.7 Å². The van der Waals surface area contributed by atoms with E-state index in [2.05, 4.69) is 5.16 Å². The molecule has 1 aromatic carbocycles. The molecule has 0 aromatic heterocycles. The second-order valence-electron chi connectivity index (χ2n) is 3.82. The van der Waals surface area contributed by atoms with Crippen LogP contribution in [-0.4, -0.2) is 10.9 Å². The lowest BCUT2D eigenvalue weighted by Crippen LogP contribution is -2.26. The Labute approximate surface area is 89.2 Å². The van der Waals surface area contributed by atoms with Gasteiger partial charge in [-0.05, 0) is 24.6 Å². The van der Waals surface area contributed by atoms with Gasteiger partial charge >= 0.3 is 0 Å². The van der Waals surface area contributed by atoms with Crippen molar-refractivity contribution in [3.8, 4) is 0 Å². The molecular formula is C11H14ClNO. The van der Waals surface area contributed by atoms with Crippen molar-refractivity contribution in [2.24, 2.45) is 5.16 Å². The maximum atomic E-state index is 8.76. The molecule has 0 saturated heterocycles. The molecule has 0 radical (unpaired) electrons. The summed E-state index contributed by atoms with van der Waals surface area (Å²) in [6, 6.07) is 7.58. The zero-order valence-corrected chi connectivity index (χ0v) is 9.34. The van der Waals surface area contributed by atoms with E-state index in [1.165, 1.54) is 0 Å². The lowest BCUT2D eigenvalue weighted by atomic mass is 9.81. The van der Waals surface area contributed by atoms with E-state index in [4.69, 9.17) is 16.8 Å². The Kier molecular flexibility index (Phi) is 3.17. The van der Waals surface area contributed by atoms with Gasteiger partial charge in [-0.15, -0.1) is 0 Å². The van der Waals surface area contributed by atoms with E-state index >= 15 is 0 Å². The smallest absolute Gasteiger partial charge is 0.0639 e. The Bertz CT molecular complexity index is 358. The van der Waals surface area contributed by atoms with Crippen molar-refractivity contribution >= 4 is 17.3 Å². The standard InChI is InChI=1S/C11H14ClNO/c1-8(13-14)11(2,3)9-5-4-6-10(12)7-9/h4-7,14H,1-3H3. The second-order valence-corrected chi connectivity index (χ2v) is 4.26. The average molecular weight is 212 g/mol. The molecule has 3 heteroatoms. The molecule has 0 unspecified atom stereocenters. The molecule has 14 heavy (non-hydrogen) atoms. The predicted octanol–water partition coefficient (Wildman–Crippen LogP) is 3.47. The highest BCUT2D eigenvalue weighted by molar-refractivity contribution is 6.30. The summed E-state index contributed by atoms with van der Waals surface area (Å²) in [6.07, 6.45) is 0. The van der Waals surface area contributed by atoms with Crippen molar-refractivity contribution in [2.45, 2.75) is 26.2 Å². The van der Waals surface area contributed by atoms with Gasteiger partial charge in [0.25, 0.3) is 0 Å². The number of halogens is 1. The Morgan fingerprint density at radius 1 is 1.43 bits per heavy atom. The van der Waals surface area contributed by atoms with E-state index < -0.39 is 0 Å². The molecule has 0 aliphatic carbocycles. The number of benzene rings is 1. The van der Waals surface area contributed by atoms with Crippen molar-refractivity contribution in [2.75, 3.05) is 0 Å². The number of rotatable bonds is 2. The summed E-state index contributed by atoms with van der Waals surface area (Å²) < 4.78 is 0. The Morgan fingerprint density at radius 2 is 2.07 bits per heavy atom. The van der Waals surface area contributed by atoms with Crippen LogP contribution in [0.4, 0.5) is 0 Å². The molecule has 1 N–H and O–H groups in total. The minimum atomic E-state index is -0.292. The van der Waals surface area contributed by atoms with Gasteiger partial charge in [-0.2, -0.15) is 0 Å². The van der Waals surface area contributed by atoms with Gasteiger partial charge in [0.05, 0.1) is 5.71 Å². The van der Waals surface area contributed by atoms with Crippen LogP contribution in [0.5, 0.6) is 0 Å². The molecule has 1 aromatic rings. The molecule has 0 atom stereocenters. The number of nitrogens with zero attached hydrogens (tertiary/aromatic N) is 1. The lowest BCUT2D eigenvalue weighted by molar-refractivity contribution is 0.314. The maximum Gasteiger partial charge on any atom is 0.0639 e. The van der Waals surface area contributed by atoms with Crippen LogP contribution >= 0.6 is 11.6 Å². The highest BCUT2D eigenvalue weighted by Gasteiger charge is 2.24. The summed E-state index contributed by atoms with van der Waals surface area (Å²) in [5.41, 5.74) is 1.42. The number of hydrogen-bond acceptors (Lipinski definition) is 2. The van der Waals surface area contributed by atoms with E-state index in [1.54, 1.807) is 6.92 Å². The van der Waals surface area contributed by atoms with Crippen LogP contribution in [0.1, 0.15) is 26.3 Å². The highest BCUT2D eigenvalue weighted by Crippen LogP contribution is 2.26. The molecular weight excluding hydrogens is 198 g/mol. The highest BCUT2D eigenvalue weighted by atomic mass is 35.5. The van der Waals surface area contributed by atoms with Crippen LogP contribution in [0.15, 0.2) is 29.4 Å². The molecule has 0 fully saturated rings. The molecule has 0 aliphatic heterocycles. The fourth-order valence-corrected chi connectivity index (χ4v) is 1.40. The third kappa shape index (κ3) is 2.07. The largest absolute Gasteiger partial charge is 0.411 e. The third-order valence-corrected chi connectivity index (χ3v) is 2.84. The SMILES string of the molecule is CC(=NO)C(C)(C)c1cccc(Cl)c1. The Balaban J connectivity index is 3.16. The molecule has 76 valence electrons. The van der Waals surface area contributed by atoms with Crippen molar-refractivity contribution in [1.82, 2.24) is 0 Å². The van der Waals surface area contributed by atoms with Crippen LogP contribution in [-0.2, 0) is 5.41 Å². The van der Waals surface area contributed by atoms with Crippen molar-refractivity contribution in [3.05, 3.63) is 34.9 Å². The predicted molar refractivity (Wildman–Crippen MR) is 59.4 cm³/mol. The average Bonchev–Trinajstić information content (AvgIpc) is 2.16. The topological polar surface area (TPSA) is 32.6 Å². The minimum Gasteiger partial charge on any atom is -0.411 e. The summed E-state index contributed by atoms with van der Waals surface area (Å²) in [7, 11) is 0. The first kappa shape index (κ1) is 11.1. The van der Waals surface area contributed by atoms with E-state index in [9.17, 15) is 0 Å². The fourth-order valence-electron chi connectivity index (χ4n) is 1.21. The molecule has 0 spiro atoms. The zero-order chi connectivity index (χ0) is 10.8. The monoisotopic (exact) mass is 211 g/mol. The molecule has 2 nitrogen and oxygen atoms in total. The third-order valence-electron chi connectivity index (χ3n) is 2.60. The molecule has 0 saturated carbocycles. The van der Waals surface area contributed by atoms with Gasteiger partial charge in [0.2, 0.25) is 0 Å². The lowest BCUT2D eigenvalue weighted by Gasteiger charge is -2.24. The Hall–Kier alpha value is -1.02. The van der Waals surface area contributed by atoms with Gasteiger partial charge in [0.15, 0.2) is 0 Å². The van der Waals surface area contributed by atoms with Gasteiger partial charge in [-0.25, -0.2) is 0 Å². The van der Waals surface area contributed by atoms with E-state index in [1.807, 2.05) is 38.1 Å². The molecule has 0 heterocycles. The molecule has 0 aliphatic rings. The van der Waals surface area contributed by atoms with Gasteiger partial charge in [0, 0.05) is 10.4 Å².